The number of benzene rings is 1. The molecule has 1 aliphatic heterocycles. The van der Waals surface area contributed by atoms with Gasteiger partial charge < -0.3 is 10.2 Å². The minimum absolute atomic E-state index is 0.0676. The van der Waals surface area contributed by atoms with Gasteiger partial charge in [0.15, 0.2) is 16.4 Å². The number of amides is 1. The topological polar surface area (TPSA) is 67.7 Å². The smallest absolute Gasteiger partial charge is 0.279 e. The van der Waals surface area contributed by atoms with Crippen LogP contribution in [0.5, 0.6) is 0 Å². The highest BCUT2D eigenvalue weighted by Crippen LogP contribution is 2.15. The van der Waals surface area contributed by atoms with Crippen LogP contribution in [0.15, 0.2) is 29.2 Å². The third kappa shape index (κ3) is 4.81. The molecule has 0 radical (unpaired) electrons. The average Bonchev–Trinajstić information content (AvgIpc) is 2.36. The normalized spacial score (nSPS) is 25.7. The van der Waals surface area contributed by atoms with Crippen molar-refractivity contribution in [1.82, 2.24) is 0 Å². The lowest BCUT2D eigenvalue weighted by atomic mass is 9.92. The molecule has 1 saturated heterocycles. The summed E-state index contributed by atoms with van der Waals surface area (Å²) < 4.78 is 23.1. The van der Waals surface area contributed by atoms with Gasteiger partial charge in [-0.05, 0) is 24.6 Å². The van der Waals surface area contributed by atoms with Gasteiger partial charge in [-0.15, -0.1) is 0 Å². The van der Waals surface area contributed by atoms with Gasteiger partial charge in [-0.25, -0.2) is 8.42 Å². The molecule has 2 atom stereocenters. The van der Waals surface area contributed by atoms with Crippen LogP contribution in [0.25, 0.3) is 0 Å². The predicted molar refractivity (Wildman–Crippen MR) is 86.7 cm³/mol. The average molecular weight is 325 g/mol. The Morgan fingerprint density at radius 1 is 1.27 bits per heavy atom. The van der Waals surface area contributed by atoms with Crippen LogP contribution >= 0.6 is 0 Å². The van der Waals surface area contributed by atoms with Crippen molar-refractivity contribution in [3.05, 3.63) is 24.3 Å². The van der Waals surface area contributed by atoms with E-state index in [1.165, 1.54) is 23.5 Å². The molecule has 0 unspecified atom stereocenters. The van der Waals surface area contributed by atoms with E-state index in [-0.39, 0.29) is 10.8 Å². The largest absolute Gasteiger partial charge is 0.327 e. The molecule has 2 rings (SSSR count). The number of hydrogen-bond donors (Lipinski definition) is 2. The molecule has 0 saturated carbocycles. The first-order valence-corrected chi connectivity index (χ1v) is 9.56. The Kier molecular flexibility index (Phi) is 5.24. The second-order valence-electron chi connectivity index (χ2n) is 6.63. The van der Waals surface area contributed by atoms with Crippen LogP contribution in [-0.2, 0) is 14.6 Å². The van der Waals surface area contributed by atoms with E-state index in [1.807, 2.05) is 0 Å². The maximum Gasteiger partial charge on any atom is 0.279 e. The minimum Gasteiger partial charge on any atom is -0.327 e. The van der Waals surface area contributed by atoms with E-state index in [1.54, 1.807) is 12.1 Å². The predicted octanol–water partition coefficient (Wildman–Crippen LogP) is 0.589. The summed E-state index contributed by atoms with van der Waals surface area (Å²) in [7, 11) is -3.26. The van der Waals surface area contributed by atoms with Crippen molar-refractivity contribution in [2.24, 2.45) is 11.8 Å². The highest BCUT2D eigenvalue weighted by Gasteiger charge is 2.26. The number of anilines is 1. The molecule has 1 aliphatic rings. The molecule has 6 heteroatoms. The minimum atomic E-state index is -3.26. The summed E-state index contributed by atoms with van der Waals surface area (Å²) in [5, 5.41) is 2.81. The van der Waals surface area contributed by atoms with Crippen LogP contribution < -0.4 is 10.2 Å². The van der Waals surface area contributed by atoms with Crippen LogP contribution in [0, 0.1) is 11.8 Å². The van der Waals surface area contributed by atoms with Crippen molar-refractivity contribution < 1.29 is 18.1 Å². The molecule has 122 valence electrons. The molecule has 5 nitrogen and oxygen atoms in total. The van der Waals surface area contributed by atoms with Gasteiger partial charge in [-0.1, -0.05) is 19.9 Å². The van der Waals surface area contributed by atoms with Crippen molar-refractivity contribution in [3.63, 3.8) is 0 Å². The molecular weight excluding hydrogens is 300 g/mol. The van der Waals surface area contributed by atoms with Gasteiger partial charge in [0.1, 0.15) is 0 Å². The molecule has 1 aromatic carbocycles. The first kappa shape index (κ1) is 17.0. The Morgan fingerprint density at radius 3 is 2.50 bits per heavy atom. The molecule has 0 aliphatic carbocycles. The molecule has 2 N–H and O–H groups in total. The fourth-order valence-electron chi connectivity index (χ4n) is 3.30. The summed E-state index contributed by atoms with van der Waals surface area (Å²) in [5.41, 5.74) is 0.533. The van der Waals surface area contributed by atoms with Crippen LogP contribution in [0.3, 0.4) is 0 Å². The Hall–Kier alpha value is -1.40. The molecular formula is C16H25N2O3S+. The zero-order valence-electron chi connectivity index (χ0n) is 13.4. The first-order chi connectivity index (χ1) is 10.2. The molecule has 1 heterocycles. The SMILES string of the molecule is C[C@H]1C[C@H](C)C[NH+](CC(=O)Nc2cccc(S(C)(=O)=O)c2)C1. The highest BCUT2D eigenvalue weighted by molar-refractivity contribution is 7.90. The third-order valence-electron chi connectivity index (χ3n) is 4.04. The van der Waals surface area contributed by atoms with Crippen LogP contribution in [0.1, 0.15) is 20.3 Å². The number of sulfone groups is 1. The number of carbonyl (C=O) groups is 1. The van der Waals surface area contributed by atoms with Crippen molar-refractivity contribution in [2.75, 3.05) is 31.2 Å². The summed E-state index contributed by atoms with van der Waals surface area (Å²) >= 11 is 0. The monoisotopic (exact) mass is 325 g/mol. The summed E-state index contributed by atoms with van der Waals surface area (Å²) in [4.78, 5) is 13.7. The van der Waals surface area contributed by atoms with E-state index >= 15 is 0 Å². The number of hydrogen-bond acceptors (Lipinski definition) is 3. The summed E-state index contributed by atoms with van der Waals surface area (Å²) in [6, 6.07) is 6.39. The quantitative estimate of drug-likeness (QED) is 0.851. The van der Waals surface area contributed by atoms with Crippen molar-refractivity contribution in [2.45, 2.75) is 25.2 Å². The Bertz CT molecular complexity index is 633. The lowest BCUT2D eigenvalue weighted by Gasteiger charge is -2.31. The lowest BCUT2D eigenvalue weighted by molar-refractivity contribution is -0.904. The van der Waals surface area contributed by atoms with Crippen LogP contribution in [0.2, 0.25) is 0 Å². The molecule has 0 spiro atoms. The molecule has 1 amide bonds. The van der Waals surface area contributed by atoms with Gasteiger partial charge in [0.2, 0.25) is 0 Å². The molecule has 22 heavy (non-hydrogen) atoms. The molecule has 1 fully saturated rings. The Balaban J connectivity index is 1.97. The molecule has 0 bridgehead atoms. The Morgan fingerprint density at radius 2 is 1.91 bits per heavy atom. The highest BCUT2D eigenvalue weighted by atomic mass is 32.2. The van der Waals surface area contributed by atoms with Gasteiger partial charge in [0, 0.05) is 23.8 Å². The first-order valence-electron chi connectivity index (χ1n) is 7.67. The van der Waals surface area contributed by atoms with Gasteiger partial charge in [0.05, 0.1) is 18.0 Å². The summed E-state index contributed by atoms with van der Waals surface area (Å²) in [6.45, 7) is 6.91. The van der Waals surface area contributed by atoms with E-state index < -0.39 is 9.84 Å². The fourth-order valence-corrected chi connectivity index (χ4v) is 3.97. The Labute approximate surface area is 132 Å². The molecule has 1 aromatic rings. The number of likely N-dealkylation sites (tertiary alicyclic amines) is 1. The maximum absolute atomic E-state index is 12.2. The standard InChI is InChI=1S/C16H24N2O3S/c1-12-7-13(2)10-18(9-12)11-16(19)17-14-5-4-6-15(8-14)22(3,20)21/h4-6,8,12-13H,7,9-11H2,1-3H3,(H,17,19)/p+1/t12-,13-/m0/s1. The number of quaternary nitrogens is 1. The number of nitrogens with one attached hydrogen (secondary N) is 2. The number of carbonyl (C=O) groups excluding carboxylic acids is 1. The van der Waals surface area contributed by atoms with Gasteiger partial charge in [-0.3, -0.25) is 4.79 Å². The maximum atomic E-state index is 12.2. The van der Waals surface area contributed by atoms with Crippen molar-refractivity contribution in [1.29, 1.82) is 0 Å². The summed E-state index contributed by atoms with van der Waals surface area (Å²) in [6.07, 6.45) is 2.39. The van der Waals surface area contributed by atoms with E-state index in [9.17, 15) is 13.2 Å². The van der Waals surface area contributed by atoms with E-state index in [4.69, 9.17) is 0 Å². The zero-order chi connectivity index (χ0) is 16.3. The number of rotatable bonds is 4. The van der Waals surface area contributed by atoms with E-state index in [0.29, 0.717) is 24.1 Å². The van der Waals surface area contributed by atoms with E-state index in [0.717, 1.165) is 19.3 Å². The molecule has 0 aromatic heterocycles. The third-order valence-corrected chi connectivity index (χ3v) is 5.15. The van der Waals surface area contributed by atoms with Gasteiger partial charge in [0.25, 0.3) is 5.91 Å². The second-order valence-corrected chi connectivity index (χ2v) is 8.64. The summed E-state index contributed by atoms with van der Waals surface area (Å²) in [5.74, 6) is 1.21. The van der Waals surface area contributed by atoms with E-state index in [2.05, 4.69) is 19.2 Å². The van der Waals surface area contributed by atoms with Crippen LogP contribution in [0.4, 0.5) is 5.69 Å². The zero-order valence-corrected chi connectivity index (χ0v) is 14.2. The van der Waals surface area contributed by atoms with Gasteiger partial charge in [-0.2, -0.15) is 0 Å². The fraction of sp³-hybridized carbons (Fsp3) is 0.562. The lowest BCUT2D eigenvalue weighted by Crippen LogP contribution is -3.15. The van der Waals surface area contributed by atoms with Crippen molar-refractivity contribution in [3.8, 4) is 0 Å². The number of piperidine rings is 1. The second kappa shape index (κ2) is 6.79. The van der Waals surface area contributed by atoms with Crippen LogP contribution in [-0.4, -0.2) is 40.2 Å². The van der Waals surface area contributed by atoms with Gasteiger partial charge >= 0.3 is 0 Å². The van der Waals surface area contributed by atoms with Crippen molar-refractivity contribution >= 4 is 21.4 Å².